The van der Waals surface area contributed by atoms with Gasteiger partial charge in [-0.15, -0.1) is 0 Å². The van der Waals surface area contributed by atoms with Gasteiger partial charge in [0.25, 0.3) is 0 Å². The van der Waals surface area contributed by atoms with Gasteiger partial charge in [-0.05, 0) is 36.6 Å². The maximum absolute atomic E-state index is 6.08. The molecule has 0 fully saturated rings. The molecule has 3 heterocycles. The lowest BCUT2D eigenvalue weighted by Crippen LogP contribution is -2.29. The van der Waals surface area contributed by atoms with Gasteiger partial charge in [0, 0.05) is 17.9 Å². The van der Waals surface area contributed by atoms with Crippen molar-refractivity contribution in [2.45, 2.75) is 19.4 Å². The smallest absolute Gasteiger partial charge is 0.246 e. The number of aromatic nitrogens is 2. The Morgan fingerprint density at radius 3 is 3.09 bits per heavy atom. The first-order valence-electron chi connectivity index (χ1n) is 7.29. The number of rotatable bonds is 3. The molecule has 0 unspecified atom stereocenters. The molecule has 22 heavy (non-hydrogen) atoms. The maximum atomic E-state index is 6.08. The molecular weight excluding hydrogens is 280 g/mol. The van der Waals surface area contributed by atoms with Crippen LogP contribution < -0.4 is 10.6 Å². The molecule has 4 rings (SSSR count). The highest BCUT2D eigenvalue weighted by Crippen LogP contribution is 2.32. The van der Waals surface area contributed by atoms with E-state index in [1.165, 1.54) is 5.56 Å². The molecule has 0 saturated heterocycles. The van der Waals surface area contributed by atoms with E-state index in [9.17, 15) is 0 Å². The zero-order valence-electron chi connectivity index (χ0n) is 12.0. The fraction of sp³-hybridized carbons (Fsp3) is 0.250. The SMILES string of the molecule is Nc1cccc2c1CCCN2Cc1nc(-c2ccoc2)no1. The van der Waals surface area contributed by atoms with Crippen LogP contribution in [-0.2, 0) is 13.0 Å². The molecule has 6 heteroatoms. The number of fused-ring (bicyclic) bond motifs is 1. The van der Waals surface area contributed by atoms with Gasteiger partial charge in [0.15, 0.2) is 0 Å². The summed E-state index contributed by atoms with van der Waals surface area (Å²) in [5.41, 5.74) is 10.1. The summed E-state index contributed by atoms with van der Waals surface area (Å²) in [6.07, 6.45) is 5.28. The Morgan fingerprint density at radius 1 is 1.27 bits per heavy atom. The van der Waals surface area contributed by atoms with E-state index in [4.69, 9.17) is 14.7 Å². The van der Waals surface area contributed by atoms with E-state index < -0.39 is 0 Å². The monoisotopic (exact) mass is 296 g/mol. The van der Waals surface area contributed by atoms with Gasteiger partial charge < -0.3 is 19.6 Å². The first kappa shape index (κ1) is 12.9. The molecule has 0 aliphatic carbocycles. The number of hydrogen-bond donors (Lipinski definition) is 1. The van der Waals surface area contributed by atoms with Crippen LogP contribution in [0.15, 0.2) is 45.7 Å². The van der Waals surface area contributed by atoms with Gasteiger partial charge in [-0.25, -0.2) is 0 Å². The molecule has 112 valence electrons. The van der Waals surface area contributed by atoms with E-state index in [1.54, 1.807) is 12.5 Å². The number of nitrogen functional groups attached to an aromatic ring is 1. The van der Waals surface area contributed by atoms with Crippen LogP contribution in [-0.4, -0.2) is 16.7 Å². The van der Waals surface area contributed by atoms with Crippen molar-refractivity contribution in [1.29, 1.82) is 0 Å². The van der Waals surface area contributed by atoms with Crippen molar-refractivity contribution < 1.29 is 8.94 Å². The highest BCUT2D eigenvalue weighted by Gasteiger charge is 2.21. The van der Waals surface area contributed by atoms with Crippen molar-refractivity contribution in [3.8, 4) is 11.4 Å². The van der Waals surface area contributed by atoms with Crippen LogP contribution in [0, 0.1) is 0 Å². The molecule has 0 amide bonds. The molecule has 1 aliphatic rings. The largest absolute Gasteiger partial charge is 0.472 e. The molecule has 0 spiro atoms. The second-order valence-electron chi connectivity index (χ2n) is 5.39. The van der Waals surface area contributed by atoms with Crippen molar-refractivity contribution in [2.75, 3.05) is 17.2 Å². The average Bonchev–Trinajstić information content (AvgIpc) is 3.19. The molecule has 2 aromatic heterocycles. The van der Waals surface area contributed by atoms with Crippen LogP contribution >= 0.6 is 0 Å². The average molecular weight is 296 g/mol. The van der Waals surface area contributed by atoms with Crippen LogP contribution in [0.5, 0.6) is 0 Å². The van der Waals surface area contributed by atoms with Crippen LogP contribution in [0.2, 0.25) is 0 Å². The van der Waals surface area contributed by atoms with Gasteiger partial charge >= 0.3 is 0 Å². The Kier molecular flexibility index (Phi) is 3.07. The second-order valence-corrected chi connectivity index (χ2v) is 5.39. The van der Waals surface area contributed by atoms with E-state index in [0.29, 0.717) is 18.3 Å². The fourth-order valence-electron chi connectivity index (χ4n) is 2.88. The predicted molar refractivity (Wildman–Crippen MR) is 82.2 cm³/mol. The predicted octanol–water partition coefficient (Wildman–Crippen LogP) is 2.86. The first-order chi connectivity index (χ1) is 10.8. The standard InChI is InChI=1S/C16H16N4O2/c17-13-4-1-5-14-12(13)3-2-7-20(14)9-15-18-16(19-22-15)11-6-8-21-10-11/h1,4-6,8,10H,2-3,7,9,17H2. The van der Waals surface area contributed by atoms with Crippen LogP contribution in [0.25, 0.3) is 11.4 Å². The Morgan fingerprint density at radius 2 is 2.23 bits per heavy atom. The first-order valence-corrected chi connectivity index (χ1v) is 7.29. The Bertz CT molecular complexity index is 779. The van der Waals surface area contributed by atoms with Gasteiger partial charge in [0.1, 0.15) is 6.26 Å². The summed E-state index contributed by atoms with van der Waals surface area (Å²) in [6, 6.07) is 7.84. The lowest BCUT2D eigenvalue weighted by molar-refractivity contribution is 0.375. The van der Waals surface area contributed by atoms with Crippen molar-refractivity contribution >= 4 is 11.4 Å². The van der Waals surface area contributed by atoms with Crippen molar-refractivity contribution in [2.24, 2.45) is 0 Å². The highest BCUT2D eigenvalue weighted by molar-refractivity contribution is 5.66. The van der Waals surface area contributed by atoms with Gasteiger partial charge in [-0.2, -0.15) is 4.98 Å². The van der Waals surface area contributed by atoms with Gasteiger partial charge in [-0.3, -0.25) is 0 Å². The summed E-state index contributed by atoms with van der Waals surface area (Å²) in [6.45, 7) is 1.54. The van der Waals surface area contributed by atoms with E-state index in [-0.39, 0.29) is 0 Å². The molecule has 0 radical (unpaired) electrons. The second kappa shape index (κ2) is 5.22. The highest BCUT2D eigenvalue weighted by atomic mass is 16.5. The summed E-state index contributed by atoms with van der Waals surface area (Å²) < 4.78 is 10.4. The van der Waals surface area contributed by atoms with Crippen LogP contribution in [0.4, 0.5) is 11.4 Å². The number of nitrogens with two attached hydrogens (primary N) is 1. The third kappa shape index (κ3) is 2.22. The number of furan rings is 1. The van der Waals surface area contributed by atoms with E-state index in [0.717, 1.165) is 36.3 Å². The van der Waals surface area contributed by atoms with Gasteiger partial charge in [0.2, 0.25) is 11.7 Å². The zero-order chi connectivity index (χ0) is 14.9. The molecule has 0 atom stereocenters. The summed E-state index contributed by atoms with van der Waals surface area (Å²) in [4.78, 5) is 6.67. The number of hydrogen-bond acceptors (Lipinski definition) is 6. The normalized spacial score (nSPS) is 14.1. The number of anilines is 2. The molecule has 1 aromatic carbocycles. The molecule has 6 nitrogen and oxygen atoms in total. The summed E-state index contributed by atoms with van der Waals surface area (Å²) >= 11 is 0. The minimum atomic E-state index is 0.550. The van der Waals surface area contributed by atoms with Gasteiger partial charge in [0.05, 0.1) is 18.4 Å². The van der Waals surface area contributed by atoms with Crippen LogP contribution in [0.3, 0.4) is 0 Å². The zero-order valence-corrected chi connectivity index (χ0v) is 12.0. The Hall–Kier alpha value is -2.76. The maximum Gasteiger partial charge on any atom is 0.246 e. The molecule has 3 aromatic rings. The van der Waals surface area contributed by atoms with E-state index in [1.807, 2.05) is 18.2 Å². The minimum Gasteiger partial charge on any atom is -0.472 e. The van der Waals surface area contributed by atoms with E-state index >= 15 is 0 Å². The topological polar surface area (TPSA) is 81.3 Å². The van der Waals surface area contributed by atoms with Gasteiger partial charge in [-0.1, -0.05) is 11.2 Å². The quantitative estimate of drug-likeness (QED) is 0.748. The number of benzene rings is 1. The third-order valence-electron chi connectivity index (χ3n) is 3.96. The summed E-state index contributed by atoms with van der Waals surface area (Å²) in [5.74, 6) is 1.14. The van der Waals surface area contributed by atoms with Crippen molar-refractivity contribution in [1.82, 2.24) is 10.1 Å². The molecular formula is C16H16N4O2. The van der Waals surface area contributed by atoms with Crippen molar-refractivity contribution in [3.63, 3.8) is 0 Å². The Balaban J connectivity index is 1.59. The van der Waals surface area contributed by atoms with Crippen LogP contribution in [0.1, 0.15) is 17.9 Å². The summed E-state index contributed by atoms with van der Waals surface area (Å²) in [5, 5.41) is 4.00. The van der Waals surface area contributed by atoms with E-state index in [2.05, 4.69) is 21.1 Å². The molecule has 2 N–H and O–H groups in total. The minimum absolute atomic E-state index is 0.550. The Labute approximate surface area is 127 Å². The third-order valence-corrected chi connectivity index (χ3v) is 3.96. The molecule has 1 aliphatic heterocycles. The molecule has 0 bridgehead atoms. The fourth-order valence-corrected chi connectivity index (χ4v) is 2.88. The lowest BCUT2D eigenvalue weighted by atomic mass is 10.00. The lowest BCUT2D eigenvalue weighted by Gasteiger charge is -2.30. The number of nitrogens with zero attached hydrogens (tertiary/aromatic N) is 3. The molecule has 0 saturated carbocycles. The van der Waals surface area contributed by atoms with Crippen molar-refractivity contribution in [3.05, 3.63) is 48.2 Å². The summed E-state index contributed by atoms with van der Waals surface area (Å²) in [7, 11) is 0.